The maximum atomic E-state index is 12.3. The summed E-state index contributed by atoms with van der Waals surface area (Å²) in [5.74, 6) is 0. The molecule has 0 amide bonds. The highest BCUT2D eigenvalue weighted by Gasteiger charge is 2.40. The van der Waals surface area contributed by atoms with Crippen LogP contribution in [-0.4, -0.2) is 19.3 Å². The van der Waals surface area contributed by atoms with E-state index in [1.807, 2.05) is 0 Å². The van der Waals surface area contributed by atoms with Crippen molar-refractivity contribution >= 4 is 0 Å². The van der Waals surface area contributed by atoms with Gasteiger partial charge in [0.25, 0.3) is 0 Å². The molecule has 1 saturated carbocycles. The highest BCUT2D eigenvalue weighted by Crippen LogP contribution is 2.44. The predicted octanol–water partition coefficient (Wildman–Crippen LogP) is 1.88. The molecule has 0 aromatic heterocycles. The SMILES string of the molecule is FCC1CC2(CCCC2)CN1. The van der Waals surface area contributed by atoms with E-state index in [-0.39, 0.29) is 12.7 Å². The Morgan fingerprint density at radius 1 is 1.36 bits per heavy atom. The minimum absolute atomic E-state index is 0.174. The van der Waals surface area contributed by atoms with E-state index < -0.39 is 0 Å². The molecule has 1 unspecified atom stereocenters. The summed E-state index contributed by atoms with van der Waals surface area (Å²) < 4.78 is 12.3. The Labute approximate surface area is 67.4 Å². The summed E-state index contributed by atoms with van der Waals surface area (Å²) in [7, 11) is 0. The molecule has 64 valence electrons. The van der Waals surface area contributed by atoms with Gasteiger partial charge in [-0.15, -0.1) is 0 Å². The van der Waals surface area contributed by atoms with Crippen molar-refractivity contribution in [3.8, 4) is 0 Å². The topological polar surface area (TPSA) is 12.0 Å². The number of hydrogen-bond acceptors (Lipinski definition) is 1. The van der Waals surface area contributed by atoms with E-state index in [0.29, 0.717) is 5.41 Å². The lowest BCUT2D eigenvalue weighted by Crippen LogP contribution is -2.23. The molecule has 0 aromatic rings. The van der Waals surface area contributed by atoms with Crippen LogP contribution >= 0.6 is 0 Å². The zero-order valence-corrected chi connectivity index (χ0v) is 6.91. The van der Waals surface area contributed by atoms with Crippen LogP contribution in [0.2, 0.25) is 0 Å². The summed E-state index contributed by atoms with van der Waals surface area (Å²) in [6, 6.07) is 0.174. The molecule has 0 aromatic carbocycles. The second kappa shape index (κ2) is 2.74. The van der Waals surface area contributed by atoms with Crippen molar-refractivity contribution in [3.63, 3.8) is 0 Å². The van der Waals surface area contributed by atoms with Gasteiger partial charge in [0.1, 0.15) is 6.67 Å². The normalized spacial score (nSPS) is 35.2. The van der Waals surface area contributed by atoms with Gasteiger partial charge in [0.15, 0.2) is 0 Å². The van der Waals surface area contributed by atoms with E-state index >= 15 is 0 Å². The van der Waals surface area contributed by atoms with E-state index in [0.717, 1.165) is 13.0 Å². The maximum Gasteiger partial charge on any atom is 0.105 e. The van der Waals surface area contributed by atoms with Crippen LogP contribution in [0.3, 0.4) is 0 Å². The van der Waals surface area contributed by atoms with Crippen molar-refractivity contribution in [2.75, 3.05) is 13.2 Å². The van der Waals surface area contributed by atoms with Crippen molar-refractivity contribution in [2.45, 2.75) is 38.1 Å². The number of halogens is 1. The highest BCUT2D eigenvalue weighted by molar-refractivity contribution is 4.96. The molecule has 1 nitrogen and oxygen atoms in total. The van der Waals surface area contributed by atoms with Crippen LogP contribution in [-0.2, 0) is 0 Å². The Kier molecular flexibility index (Phi) is 1.88. The molecule has 2 heteroatoms. The number of nitrogens with one attached hydrogen (secondary N) is 1. The monoisotopic (exact) mass is 157 g/mol. The van der Waals surface area contributed by atoms with Crippen LogP contribution in [0.5, 0.6) is 0 Å². The van der Waals surface area contributed by atoms with E-state index in [2.05, 4.69) is 5.32 Å². The van der Waals surface area contributed by atoms with Gasteiger partial charge < -0.3 is 5.32 Å². The van der Waals surface area contributed by atoms with Crippen molar-refractivity contribution < 1.29 is 4.39 Å². The second-order valence-corrected chi connectivity index (χ2v) is 4.14. The van der Waals surface area contributed by atoms with Gasteiger partial charge in [0.2, 0.25) is 0 Å². The molecular weight excluding hydrogens is 141 g/mol. The van der Waals surface area contributed by atoms with E-state index in [1.165, 1.54) is 25.7 Å². The van der Waals surface area contributed by atoms with Crippen LogP contribution in [0.15, 0.2) is 0 Å². The fourth-order valence-corrected chi connectivity index (χ4v) is 2.64. The molecule has 0 bridgehead atoms. The van der Waals surface area contributed by atoms with Crippen LogP contribution in [0, 0.1) is 5.41 Å². The molecule has 1 saturated heterocycles. The Bertz CT molecular complexity index is 140. The molecule has 0 radical (unpaired) electrons. The predicted molar refractivity (Wildman–Crippen MR) is 43.3 cm³/mol. The second-order valence-electron chi connectivity index (χ2n) is 4.14. The lowest BCUT2D eigenvalue weighted by Gasteiger charge is -2.20. The number of hydrogen-bond donors (Lipinski definition) is 1. The Morgan fingerprint density at radius 3 is 2.64 bits per heavy atom. The largest absolute Gasteiger partial charge is 0.311 e. The third-order valence-electron chi connectivity index (χ3n) is 3.30. The molecule has 1 aliphatic carbocycles. The summed E-state index contributed by atoms with van der Waals surface area (Å²) in [6.07, 6.45) is 6.47. The summed E-state index contributed by atoms with van der Waals surface area (Å²) in [6.45, 7) is 0.892. The highest BCUT2D eigenvalue weighted by atomic mass is 19.1. The molecule has 1 N–H and O–H groups in total. The molecule has 1 aliphatic heterocycles. The summed E-state index contributed by atoms with van der Waals surface area (Å²) >= 11 is 0. The first kappa shape index (κ1) is 7.53. The molecule has 1 heterocycles. The van der Waals surface area contributed by atoms with E-state index in [1.54, 1.807) is 0 Å². The fourth-order valence-electron chi connectivity index (χ4n) is 2.64. The van der Waals surface area contributed by atoms with Gasteiger partial charge in [-0.05, 0) is 24.7 Å². The van der Waals surface area contributed by atoms with Gasteiger partial charge in [-0.25, -0.2) is 4.39 Å². The first-order valence-corrected chi connectivity index (χ1v) is 4.64. The lowest BCUT2D eigenvalue weighted by atomic mass is 9.84. The average Bonchev–Trinajstić information content (AvgIpc) is 2.62. The van der Waals surface area contributed by atoms with Crippen molar-refractivity contribution in [1.82, 2.24) is 5.32 Å². The third kappa shape index (κ3) is 1.28. The molecule has 2 fully saturated rings. The van der Waals surface area contributed by atoms with Crippen LogP contribution in [0.25, 0.3) is 0 Å². The average molecular weight is 157 g/mol. The summed E-state index contributed by atoms with van der Waals surface area (Å²) in [5.41, 5.74) is 0.511. The Hall–Kier alpha value is -0.110. The van der Waals surface area contributed by atoms with Crippen LogP contribution in [0.1, 0.15) is 32.1 Å². The molecule has 1 spiro atoms. The van der Waals surface area contributed by atoms with Gasteiger partial charge in [-0.3, -0.25) is 0 Å². The minimum Gasteiger partial charge on any atom is -0.311 e. The van der Waals surface area contributed by atoms with Crippen molar-refractivity contribution in [3.05, 3.63) is 0 Å². The Balaban J connectivity index is 1.96. The summed E-state index contributed by atoms with van der Waals surface area (Å²) in [4.78, 5) is 0. The fraction of sp³-hybridized carbons (Fsp3) is 1.00. The van der Waals surface area contributed by atoms with E-state index in [9.17, 15) is 4.39 Å². The van der Waals surface area contributed by atoms with Crippen LogP contribution < -0.4 is 5.32 Å². The molecule has 11 heavy (non-hydrogen) atoms. The standard InChI is InChI=1S/C9H16FN/c10-6-8-5-9(7-11-8)3-1-2-4-9/h8,11H,1-7H2. The van der Waals surface area contributed by atoms with Crippen molar-refractivity contribution in [1.29, 1.82) is 0 Å². The Morgan fingerprint density at radius 2 is 2.09 bits per heavy atom. The first-order valence-electron chi connectivity index (χ1n) is 4.64. The molecule has 1 atom stereocenters. The zero-order chi connectivity index (χ0) is 7.73. The maximum absolute atomic E-state index is 12.3. The van der Waals surface area contributed by atoms with Gasteiger partial charge in [-0.2, -0.15) is 0 Å². The summed E-state index contributed by atoms with van der Waals surface area (Å²) in [5, 5.41) is 3.26. The van der Waals surface area contributed by atoms with E-state index in [4.69, 9.17) is 0 Å². The minimum atomic E-state index is -0.179. The lowest BCUT2D eigenvalue weighted by molar-refractivity contribution is 0.314. The van der Waals surface area contributed by atoms with Gasteiger partial charge >= 0.3 is 0 Å². The quantitative estimate of drug-likeness (QED) is 0.612. The zero-order valence-electron chi connectivity index (χ0n) is 6.91. The number of rotatable bonds is 1. The molecular formula is C9H16FN. The molecule has 2 aliphatic rings. The van der Waals surface area contributed by atoms with Crippen molar-refractivity contribution in [2.24, 2.45) is 5.41 Å². The number of alkyl halides is 1. The van der Waals surface area contributed by atoms with Gasteiger partial charge in [0, 0.05) is 12.6 Å². The molecule has 2 rings (SSSR count). The first-order chi connectivity index (χ1) is 5.35. The smallest absolute Gasteiger partial charge is 0.105 e. The van der Waals surface area contributed by atoms with Gasteiger partial charge in [-0.1, -0.05) is 12.8 Å². The van der Waals surface area contributed by atoms with Gasteiger partial charge in [0.05, 0.1) is 0 Å². The third-order valence-corrected chi connectivity index (χ3v) is 3.30. The van der Waals surface area contributed by atoms with Crippen LogP contribution in [0.4, 0.5) is 4.39 Å².